The van der Waals surface area contributed by atoms with Crippen molar-refractivity contribution in [3.05, 3.63) is 29.3 Å². The minimum Gasteiger partial charge on any atom is -0.508 e. The van der Waals surface area contributed by atoms with E-state index in [9.17, 15) is 9.90 Å². The van der Waals surface area contributed by atoms with E-state index >= 15 is 0 Å². The maximum atomic E-state index is 12.1. The van der Waals surface area contributed by atoms with Gasteiger partial charge in [-0.2, -0.15) is 0 Å². The van der Waals surface area contributed by atoms with Gasteiger partial charge < -0.3 is 10.4 Å². The fourth-order valence-corrected chi connectivity index (χ4v) is 2.57. The number of aromatic hydroxyl groups is 1. The van der Waals surface area contributed by atoms with Crippen LogP contribution in [0.5, 0.6) is 5.75 Å². The number of hydrogen-bond donors (Lipinski definition) is 2. The predicted molar refractivity (Wildman–Crippen MR) is 71.7 cm³/mol. The van der Waals surface area contributed by atoms with Crippen LogP contribution in [-0.2, 0) is 0 Å². The monoisotopic (exact) mass is 247 g/mol. The molecule has 0 spiro atoms. The highest BCUT2D eigenvalue weighted by atomic mass is 16.3. The molecular formula is C15H21NO2. The van der Waals surface area contributed by atoms with Crippen LogP contribution >= 0.6 is 0 Å². The molecule has 1 aromatic carbocycles. The Morgan fingerprint density at radius 1 is 1.33 bits per heavy atom. The van der Waals surface area contributed by atoms with Crippen LogP contribution < -0.4 is 5.32 Å². The van der Waals surface area contributed by atoms with Gasteiger partial charge in [-0.25, -0.2) is 0 Å². The Kier molecular flexibility index (Phi) is 3.60. The summed E-state index contributed by atoms with van der Waals surface area (Å²) in [7, 11) is 0. The summed E-state index contributed by atoms with van der Waals surface area (Å²) in [5.74, 6) is 1.28. The molecule has 0 bridgehead atoms. The number of phenolic OH excluding ortho intramolecular Hbond substituents is 1. The van der Waals surface area contributed by atoms with E-state index in [4.69, 9.17) is 0 Å². The minimum atomic E-state index is -0.0868. The molecule has 1 aromatic rings. The van der Waals surface area contributed by atoms with Gasteiger partial charge in [0.15, 0.2) is 0 Å². The van der Waals surface area contributed by atoms with Gasteiger partial charge in [0.25, 0.3) is 5.91 Å². The van der Waals surface area contributed by atoms with E-state index in [1.54, 1.807) is 12.1 Å². The van der Waals surface area contributed by atoms with Crippen molar-refractivity contribution in [1.82, 2.24) is 5.32 Å². The van der Waals surface area contributed by atoms with E-state index in [1.807, 2.05) is 6.92 Å². The van der Waals surface area contributed by atoms with Crippen LogP contribution in [0.1, 0.15) is 42.6 Å². The summed E-state index contributed by atoms with van der Waals surface area (Å²) in [6, 6.07) is 5.32. The second-order valence-corrected chi connectivity index (χ2v) is 5.49. The largest absolute Gasteiger partial charge is 0.508 e. The lowest BCUT2D eigenvalue weighted by atomic mass is 9.97. The average molecular weight is 247 g/mol. The zero-order valence-electron chi connectivity index (χ0n) is 11.2. The van der Waals surface area contributed by atoms with Gasteiger partial charge in [-0.1, -0.05) is 19.9 Å². The lowest BCUT2D eigenvalue weighted by Crippen LogP contribution is -2.37. The van der Waals surface area contributed by atoms with Crippen molar-refractivity contribution in [3.8, 4) is 5.75 Å². The lowest BCUT2D eigenvalue weighted by molar-refractivity contribution is 0.0927. The lowest BCUT2D eigenvalue weighted by Gasteiger charge is -2.19. The molecule has 3 nitrogen and oxygen atoms in total. The van der Waals surface area contributed by atoms with Gasteiger partial charge in [-0.3, -0.25) is 4.79 Å². The molecular weight excluding hydrogens is 226 g/mol. The number of carbonyl (C=O) groups is 1. The molecule has 2 N–H and O–H groups in total. The summed E-state index contributed by atoms with van der Waals surface area (Å²) in [5, 5.41) is 12.7. The SMILES string of the molecule is Cc1ccc(C(=O)NC2CCC(C)C2C)cc1O. The second kappa shape index (κ2) is 5.01. The quantitative estimate of drug-likeness (QED) is 0.844. The summed E-state index contributed by atoms with van der Waals surface area (Å²) < 4.78 is 0. The van der Waals surface area contributed by atoms with E-state index in [0.717, 1.165) is 12.0 Å². The van der Waals surface area contributed by atoms with Crippen molar-refractivity contribution in [3.63, 3.8) is 0 Å². The molecule has 3 heteroatoms. The van der Waals surface area contributed by atoms with Gasteiger partial charge in [-0.05, 0) is 49.3 Å². The van der Waals surface area contributed by atoms with E-state index < -0.39 is 0 Å². The first-order chi connectivity index (χ1) is 8.49. The standard InChI is InChI=1S/C15H21NO2/c1-9-5-7-13(11(9)3)16-15(18)12-6-4-10(2)14(17)8-12/h4,6,8-9,11,13,17H,5,7H2,1-3H3,(H,16,18). The van der Waals surface area contributed by atoms with Crippen LogP contribution in [-0.4, -0.2) is 17.1 Å². The molecule has 3 unspecified atom stereocenters. The van der Waals surface area contributed by atoms with Crippen molar-refractivity contribution in [2.75, 3.05) is 0 Å². The molecule has 1 aliphatic rings. The van der Waals surface area contributed by atoms with Crippen LogP contribution in [0.2, 0.25) is 0 Å². The highest BCUT2D eigenvalue weighted by Gasteiger charge is 2.30. The van der Waals surface area contributed by atoms with Gasteiger partial charge in [0.2, 0.25) is 0 Å². The predicted octanol–water partition coefficient (Wildman–Crippen LogP) is 2.87. The van der Waals surface area contributed by atoms with Gasteiger partial charge in [0.05, 0.1) is 0 Å². The van der Waals surface area contributed by atoms with Crippen LogP contribution in [0, 0.1) is 18.8 Å². The smallest absolute Gasteiger partial charge is 0.251 e. The maximum Gasteiger partial charge on any atom is 0.251 e. The fraction of sp³-hybridized carbons (Fsp3) is 0.533. The first-order valence-corrected chi connectivity index (χ1v) is 6.59. The highest BCUT2D eigenvalue weighted by molar-refractivity contribution is 5.94. The second-order valence-electron chi connectivity index (χ2n) is 5.49. The minimum absolute atomic E-state index is 0.0868. The summed E-state index contributed by atoms with van der Waals surface area (Å²) in [5.41, 5.74) is 1.32. The van der Waals surface area contributed by atoms with Gasteiger partial charge >= 0.3 is 0 Å². The topological polar surface area (TPSA) is 49.3 Å². The molecule has 1 amide bonds. The Morgan fingerprint density at radius 2 is 2.06 bits per heavy atom. The maximum absolute atomic E-state index is 12.1. The number of rotatable bonds is 2. The van der Waals surface area contributed by atoms with Crippen molar-refractivity contribution < 1.29 is 9.90 Å². The molecule has 1 aliphatic carbocycles. The van der Waals surface area contributed by atoms with Crippen molar-refractivity contribution >= 4 is 5.91 Å². The summed E-state index contributed by atoms with van der Waals surface area (Å²) >= 11 is 0. The Hall–Kier alpha value is -1.51. The molecule has 3 atom stereocenters. The van der Waals surface area contributed by atoms with Crippen LogP contribution in [0.3, 0.4) is 0 Å². The normalized spacial score (nSPS) is 27.2. The molecule has 0 aromatic heterocycles. The number of phenols is 1. The molecule has 0 saturated heterocycles. The third-order valence-electron chi connectivity index (χ3n) is 4.25. The van der Waals surface area contributed by atoms with E-state index in [1.165, 1.54) is 12.5 Å². The van der Waals surface area contributed by atoms with E-state index in [0.29, 0.717) is 17.4 Å². The summed E-state index contributed by atoms with van der Waals surface area (Å²) in [6.07, 6.45) is 2.22. The Morgan fingerprint density at radius 3 is 2.61 bits per heavy atom. The zero-order chi connectivity index (χ0) is 13.3. The van der Waals surface area contributed by atoms with Crippen molar-refractivity contribution in [2.24, 2.45) is 11.8 Å². The summed E-state index contributed by atoms with van der Waals surface area (Å²) in [6.45, 7) is 6.24. The van der Waals surface area contributed by atoms with Crippen LogP contribution in [0.15, 0.2) is 18.2 Å². The number of hydrogen-bond acceptors (Lipinski definition) is 2. The third kappa shape index (κ3) is 2.50. The van der Waals surface area contributed by atoms with Gasteiger partial charge in [0.1, 0.15) is 5.75 Å². The molecule has 18 heavy (non-hydrogen) atoms. The van der Waals surface area contributed by atoms with Crippen LogP contribution in [0.25, 0.3) is 0 Å². The molecule has 98 valence electrons. The Bertz CT molecular complexity index is 456. The molecule has 0 aliphatic heterocycles. The number of amides is 1. The van der Waals surface area contributed by atoms with E-state index in [-0.39, 0.29) is 17.7 Å². The molecule has 0 radical (unpaired) electrons. The van der Waals surface area contributed by atoms with E-state index in [2.05, 4.69) is 19.2 Å². The molecule has 1 saturated carbocycles. The number of aryl methyl sites for hydroxylation is 1. The van der Waals surface area contributed by atoms with Gasteiger partial charge in [-0.15, -0.1) is 0 Å². The molecule has 1 fully saturated rings. The fourth-order valence-electron chi connectivity index (χ4n) is 2.57. The summed E-state index contributed by atoms with van der Waals surface area (Å²) in [4.78, 5) is 12.1. The van der Waals surface area contributed by atoms with Crippen molar-refractivity contribution in [2.45, 2.75) is 39.7 Å². The van der Waals surface area contributed by atoms with Crippen molar-refractivity contribution in [1.29, 1.82) is 0 Å². The highest BCUT2D eigenvalue weighted by Crippen LogP contribution is 2.31. The average Bonchev–Trinajstić information content (AvgIpc) is 2.64. The molecule has 2 rings (SSSR count). The first kappa shape index (κ1) is 12.9. The number of nitrogens with one attached hydrogen (secondary N) is 1. The first-order valence-electron chi connectivity index (χ1n) is 6.59. The number of carbonyl (C=O) groups excluding carboxylic acids is 1. The Labute approximate surface area is 108 Å². The zero-order valence-corrected chi connectivity index (χ0v) is 11.2. The third-order valence-corrected chi connectivity index (χ3v) is 4.25. The van der Waals surface area contributed by atoms with Crippen LogP contribution in [0.4, 0.5) is 0 Å². The Balaban J connectivity index is 2.06. The molecule has 0 heterocycles. The van der Waals surface area contributed by atoms with Gasteiger partial charge in [0, 0.05) is 11.6 Å². The number of benzene rings is 1.